The second-order valence-corrected chi connectivity index (χ2v) is 8.19. The lowest BCUT2D eigenvalue weighted by Gasteiger charge is -2.17. The maximum atomic E-state index is 10.6. The number of nitrogens with one attached hydrogen (secondary N) is 2. The monoisotopic (exact) mass is 436 g/mol. The predicted molar refractivity (Wildman–Crippen MR) is 109 cm³/mol. The van der Waals surface area contributed by atoms with Gasteiger partial charge in [-0.15, -0.1) is 0 Å². The molecule has 12 heteroatoms. The van der Waals surface area contributed by atoms with Crippen LogP contribution in [0, 0.1) is 0 Å². The Labute approximate surface area is 177 Å². The zero-order valence-corrected chi connectivity index (χ0v) is 17.0. The molecule has 0 aromatic carbocycles. The molecule has 0 bridgehead atoms. The summed E-state index contributed by atoms with van der Waals surface area (Å²) in [5.41, 5.74) is 1.05. The van der Waals surface area contributed by atoms with Gasteiger partial charge in [-0.05, 0) is 31.5 Å². The quantitative estimate of drug-likeness (QED) is 0.444. The maximum Gasteiger partial charge on any atom is 0.256 e. The Hall–Kier alpha value is -2.12. The predicted octanol–water partition coefficient (Wildman–Crippen LogP) is -0.300. The minimum atomic E-state index is -1.17. The summed E-state index contributed by atoms with van der Waals surface area (Å²) >= 11 is 5.14. The van der Waals surface area contributed by atoms with Crippen molar-refractivity contribution in [3.05, 3.63) is 12.7 Å². The third kappa shape index (κ3) is 3.93. The number of fused-ring (bicyclic) bond motifs is 1. The maximum absolute atomic E-state index is 10.6. The normalized spacial score (nSPS) is 31.2. The van der Waals surface area contributed by atoms with Crippen LogP contribution in [0.15, 0.2) is 12.7 Å². The molecule has 5 atom stereocenters. The lowest BCUT2D eigenvalue weighted by molar-refractivity contribution is -0.0491. The number of thiocarbonyl (C=S) groups is 1. The number of hydrogen-bond acceptors (Lipinski definition) is 10. The van der Waals surface area contributed by atoms with Crippen molar-refractivity contribution in [2.75, 3.05) is 25.1 Å². The van der Waals surface area contributed by atoms with E-state index in [1.165, 1.54) is 12.7 Å². The Bertz CT molecular complexity index is 918. The Morgan fingerprint density at radius 1 is 1.20 bits per heavy atom. The second-order valence-electron chi connectivity index (χ2n) is 7.81. The molecule has 1 saturated carbocycles. The van der Waals surface area contributed by atoms with Crippen LogP contribution in [-0.2, 0) is 14.2 Å². The van der Waals surface area contributed by atoms with Crippen LogP contribution < -0.4 is 10.6 Å². The topological polar surface area (TPSA) is 136 Å². The van der Waals surface area contributed by atoms with Crippen LogP contribution in [0.1, 0.15) is 25.5 Å². The van der Waals surface area contributed by atoms with Crippen molar-refractivity contribution < 1.29 is 24.4 Å². The molecule has 0 spiro atoms. The average molecular weight is 436 g/mol. The van der Waals surface area contributed by atoms with Gasteiger partial charge in [-0.1, -0.05) is 0 Å². The summed E-state index contributed by atoms with van der Waals surface area (Å²) in [7, 11) is 0. The van der Waals surface area contributed by atoms with Gasteiger partial charge in [0.05, 0.1) is 19.0 Å². The van der Waals surface area contributed by atoms with Crippen LogP contribution >= 0.6 is 12.2 Å². The molecule has 2 aromatic heterocycles. The number of ether oxygens (including phenoxy) is 3. The van der Waals surface area contributed by atoms with Gasteiger partial charge in [-0.3, -0.25) is 4.57 Å². The van der Waals surface area contributed by atoms with Gasteiger partial charge in [0.1, 0.15) is 31.2 Å². The smallest absolute Gasteiger partial charge is 0.256 e. The molecular formula is C18H24N6O5S. The van der Waals surface area contributed by atoms with Gasteiger partial charge in [0.25, 0.3) is 5.17 Å². The summed E-state index contributed by atoms with van der Waals surface area (Å²) in [6.07, 6.45) is 2.10. The molecule has 162 valence electrons. The van der Waals surface area contributed by atoms with Gasteiger partial charge in [0, 0.05) is 12.6 Å². The molecule has 30 heavy (non-hydrogen) atoms. The van der Waals surface area contributed by atoms with Crippen molar-refractivity contribution in [3.8, 4) is 0 Å². The summed E-state index contributed by atoms with van der Waals surface area (Å²) in [6.45, 7) is 1.36. The summed E-state index contributed by atoms with van der Waals surface area (Å²) in [4.78, 5) is 13.0. The molecule has 0 radical (unpaired) electrons. The van der Waals surface area contributed by atoms with E-state index in [9.17, 15) is 10.2 Å². The van der Waals surface area contributed by atoms with E-state index in [0.717, 1.165) is 19.3 Å². The van der Waals surface area contributed by atoms with Crippen molar-refractivity contribution in [1.29, 1.82) is 0 Å². The van der Waals surface area contributed by atoms with Gasteiger partial charge in [-0.2, -0.15) is 0 Å². The largest absolute Gasteiger partial charge is 0.468 e. The van der Waals surface area contributed by atoms with Gasteiger partial charge in [0.2, 0.25) is 0 Å². The molecule has 3 fully saturated rings. The fourth-order valence-corrected chi connectivity index (χ4v) is 3.91. The zero-order valence-electron chi connectivity index (χ0n) is 16.2. The molecule has 2 aromatic rings. The van der Waals surface area contributed by atoms with Crippen molar-refractivity contribution in [2.45, 2.75) is 55.9 Å². The number of imidazole rings is 1. The van der Waals surface area contributed by atoms with E-state index < -0.39 is 24.5 Å². The molecule has 5 rings (SSSR count). The fraction of sp³-hybridized carbons (Fsp3) is 0.667. The van der Waals surface area contributed by atoms with E-state index in [2.05, 4.69) is 25.6 Å². The number of anilines is 1. The van der Waals surface area contributed by atoms with Crippen LogP contribution in [-0.4, -0.2) is 85.1 Å². The van der Waals surface area contributed by atoms with E-state index in [0.29, 0.717) is 36.2 Å². The number of rotatable bonds is 6. The Morgan fingerprint density at radius 3 is 2.83 bits per heavy atom. The lowest BCUT2D eigenvalue weighted by atomic mass is 10.1. The minimum absolute atomic E-state index is 0.0311. The van der Waals surface area contributed by atoms with Gasteiger partial charge in [0.15, 0.2) is 23.2 Å². The van der Waals surface area contributed by atoms with E-state index in [1.807, 2.05) is 0 Å². The standard InChI is InChI=1S/C18H24N6O5S/c25-13-11(6-28-18(30)23-9-1-2-9)29-17(14(13)26)24-8-21-12-15(19-7-20-16(12)24)22-10-3-4-27-5-10/h7-11,13-14,17,25-26H,1-6H2,(H,23,30)(H,19,20,22)/t10-,11-,13+,14-,17-/m1/s1. The number of aliphatic hydroxyl groups excluding tert-OH is 2. The summed E-state index contributed by atoms with van der Waals surface area (Å²) in [5.74, 6) is 0.596. The number of aromatic nitrogens is 4. The van der Waals surface area contributed by atoms with Gasteiger partial charge < -0.3 is 35.1 Å². The van der Waals surface area contributed by atoms with E-state index in [1.54, 1.807) is 4.57 Å². The molecule has 2 aliphatic heterocycles. The Balaban J connectivity index is 1.30. The lowest BCUT2D eigenvalue weighted by Crippen LogP contribution is -2.36. The molecule has 0 amide bonds. The third-order valence-corrected chi connectivity index (χ3v) is 5.75. The molecule has 11 nitrogen and oxygen atoms in total. The molecule has 2 saturated heterocycles. The van der Waals surface area contributed by atoms with Gasteiger partial charge >= 0.3 is 0 Å². The first-order valence-electron chi connectivity index (χ1n) is 10.1. The fourth-order valence-electron chi connectivity index (χ4n) is 3.68. The summed E-state index contributed by atoms with van der Waals surface area (Å²) in [6, 6.07) is 0.541. The number of aliphatic hydroxyl groups is 2. The molecular weight excluding hydrogens is 412 g/mol. The van der Waals surface area contributed by atoms with E-state index in [4.69, 9.17) is 26.4 Å². The first kappa shape index (κ1) is 19.8. The highest BCUT2D eigenvalue weighted by molar-refractivity contribution is 7.80. The average Bonchev–Trinajstić information content (AvgIpc) is 3.12. The van der Waals surface area contributed by atoms with Crippen molar-refractivity contribution in [2.24, 2.45) is 0 Å². The minimum Gasteiger partial charge on any atom is -0.468 e. The van der Waals surface area contributed by atoms with Crippen LogP contribution in [0.4, 0.5) is 5.82 Å². The highest BCUT2D eigenvalue weighted by atomic mass is 32.1. The van der Waals surface area contributed by atoms with Crippen LogP contribution in [0.2, 0.25) is 0 Å². The third-order valence-electron chi connectivity index (χ3n) is 5.52. The highest BCUT2D eigenvalue weighted by Crippen LogP contribution is 2.32. The van der Waals surface area contributed by atoms with E-state index >= 15 is 0 Å². The Kier molecular flexibility index (Phi) is 5.41. The molecule has 1 aliphatic carbocycles. The first-order valence-corrected chi connectivity index (χ1v) is 10.5. The second kappa shape index (κ2) is 8.19. The van der Waals surface area contributed by atoms with Crippen LogP contribution in [0.3, 0.4) is 0 Å². The number of nitrogens with zero attached hydrogens (tertiary/aromatic N) is 4. The molecule has 4 heterocycles. The van der Waals surface area contributed by atoms with E-state index in [-0.39, 0.29) is 17.8 Å². The van der Waals surface area contributed by atoms with Crippen LogP contribution in [0.5, 0.6) is 0 Å². The zero-order chi connectivity index (χ0) is 20.7. The summed E-state index contributed by atoms with van der Waals surface area (Å²) in [5, 5.41) is 27.7. The number of hydrogen-bond donors (Lipinski definition) is 4. The molecule has 4 N–H and O–H groups in total. The van der Waals surface area contributed by atoms with Crippen molar-refractivity contribution >= 4 is 34.4 Å². The van der Waals surface area contributed by atoms with Crippen LogP contribution in [0.25, 0.3) is 11.2 Å². The Morgan fingerprint density at radius 2 is 2.07 bits per heavy atom. The first-order chi connectivity index (χ1) is 14.6. The van der Waals surface area contributed by atoms with Crippen molar-refractivity contribution in [1.82, 2.24) is 24.8 Å². The summed E-state index contributed by atoms with van der Waals surface area (Å²) < 4.78 is 18.4. The van der Waals surface area contributed by atoms with Crippen molar-refractivity contribution in [3.63, 3.8) is 0 Å². The SMILES string of the molecule is O[C@@H]1[C@@H](O)[C@@H](COC(=S)NC2CC2)O[C@H]1n1cnc2c(N[C@@H]3CCOC3)ncnc21. The molecule has 0 unspecified atom stereocenters. The highest BCUT2D eigenvalue weighted by Gasteiger charge is 2.45. The van der Waals surface area contributed by atoms with Gasteiger partial charge in [-0.25, -0.2) is 15.0 Å². The molecule has 3 aliphatic rings.